The lowest BCUT2D eigenvalue weighted by molar-refractivity contribution is 0.0888. The minimum atomic E-state index is 0.0927. The second-order valence-electron chi connectivity index (χ2n) is 3.84. The highest BCUT2D eigenvalue weighted by Gasteiger charge is 2.21. The van der Waals surface area contributed by atoms with Gasteiger partial charge in [-0.3, -0.25) is 5.84 Å². The molecule has 0 saturated carbocycles. The highest BCUT2D eigenvalue weighted by atomic mass is 15.4. The lowest BCUT2D eigenvalue weighted by Crippen LogP contribution is -2.51. The molecule has 2 N–H and O–H groups in total. The molecular formula is C8H20N2. The van der Waals surface area contributed by atoms with Crippen LogP contribution in [0.5, 0.6) is 0 Å². The van der Waals surface area contributed by atoms with Crippen molar-refractivity contribution in [3.05, 3.63) is 0 Å². The molecule has 0 spiro atoms. The van der Waals surface area contributed by atoms with E-state index in [1.807, 2.05) is 5.01 Å². The number of hydrogen-bond donors (Lipinski definition) is 1. The van der Waals surface area contributed by atoms with Gasteiger partial charge in [-0.05, 0) is 34.1 Å². The number of nitrogens with two attached hydrogens (primary N) is 1. The van der Waals surface area contributed by atoms with Crippen molar-refractivity contribution in [1.29, 1.82) is 0 Å². The van der Waals surface area contributed by atoms with Gasteiger partial charge in [0.2, 0.25) is 0 Å². The van der Waals surface area contributed by atoms with Crippen LogP contribution in [-0.4, -0.2) is 16.6 Å². The van der Waals surface area contributed by atoms with Crippen LogP contribution in [0.4, 0.5) is 0 Å². The molecule has 1 atom stereocenters. The smallest absolute Gasteiger partial charge is 0.0270 e. The first kappa shape index (κ1) is 9.92. The molecule has 0 rings (SSSR count). The molecule has 0 aromatic heterocycles. The number of nitrogens with zero attached hydrogens (tertiary/aromatic N) is 1. The Morgan fingerprint density at radius 2 is 1.80 bits per heavy atom. The summed E-state index contributed by atoms with van der Waals surface area (Å²) in [5.41, 5.74) is 0.0927. The minimum Gasteiger partial charge on any atom is -0.268 e. The summed E-state index contributed by atoms with van der Waals surface area (Å²) in [6.45, 7) is 10.7. The van der Waals surface area contributed by atoms with E-state index in [0.717, 1.165) is 6.42 Å². The second kappa shape index (κ2) is 3.35. The maximum atomic E-state index is 5.84. The molecule has 62 valence electrons. The summed E-state index contributed by atoms with van der Waals surface area (Å²) in [5.74, 6) is 5.84. The van der Waals surface area contributed by atoms with E-state index in [-0.39, 0.29) is 5.54 Å². The van der Waals surface area contributed by atoms with Gasteiger partial charge in [0.15, 0.2) is 0 Å². The van der Waals surface area contributed by atoms with Crippen LogP contribution in [0.15, 0.2) is 0 Å². The molecule has 0 bridgehead atoms. The van der Waals surface area contributed by atoms with Crippen molar-refractivity contribution in [3.63, 3.8) is 0 Å². The molecule has 2 nitrogen and oxygen atoms in total. The minimum absolute atomic E-state index is 0.0927. The van der Waals surface area contributed by atoms with Crippen molar-refractivity contribution in [1.82, 2.24) is 5.01 Å². The fraction of sp³-hybridized carbons (Fsp3) is 1.00. The standard InChI is InChI=1S/C8H20N2/c1-6-7(2)10(9)8(3,4)5/h7H,6,9H2,1-5H3. The van der Waals surface area contributed by atoms with Crippen LogP contribution >= 0.6 is 0 Å². The van der Waals surface area contributed by atoms with Gasteiger partial charge in [-0.15, -0.1) is 0 Å². The van der Waals surface area contributed by atoms with Gasteiger partial charge in [0.05, 0.1) is 0 Å². The van der Waals surface area contributed by atoms with E-state index in [4.69, 9.17) is 5.84 Å². The molecule has 0 aliphatic heterocycles. The van der Waals surface area contributed by atoms with Gasteiger partial charge in [-0.25, -0.2) is 5.01 Å². The van der Waals surface area contributed by atoms with Crippen LogP contribution in [0.3, 0.4) is 0 Å². The summed E-state index contributed by atoms with van der Waals surface area (Å²) >= 11 is 0. The van der Waals surface area contributed by atoms with Crippen molar-refractivity contribution >= 4 is 0 Å². The van der Waals surface area contributed by atoms with E-state index in [1.54, 1.807) is 0 Å². The Bertz CT molecular complexity index is 93.9. The van der Waals surface area contributed by atoms with Gasteiger partial charge in [0.25, 0.3) is 0 Å². The first-order chi connectivity index (χ1) is 4.39. The van der Waals surface area contributed by atoms with Crippen LogP contribution in [0.25, 0.3) is 0 Å². The largest absolute Gasteiger partial charge is 0.268 e. The van der Waals surface area contributed by atoms with E-state index >= 15 is 0 Å². The first-order valence-corrected chi connectivity index (χ1v) is 3.93. The van der Waals surface area contributed by atoms with Gasteiger partial charge in [0, 0.05) is 11.6 Å². The summed E-state index contributed by atoms with van der Waals surface area (Å²) < 4.78 is 0. The van der Waals surface area contributed by atoms with Gasteiger partial charge >= 0.3 is 0 Å². The van der Waals surface area contributed by atoms with Crippen molar-refractivity contribution < 1.29 is 0 Å². The Morgan fingerprint density at radius 3 is 1.90 bits per heavy atom. The summed E-state index contributed by atoms with van der Waals surface area (Å²) in [7, 11) is 0. The molecule has 0 saturated heterocycles. The molecule has 0 aromatic carbocycles. The van der Waals surface area contributed by atoms with Crippen molar-refractivity contribution in [2.45, 2.75) is 52.6 Å². The zero-order valence-corrected chi connectivity index (χ0v) is 7.81. The molecule has 0 radical (unpaired) electrons. The van der Waals surface area contributed by atoms with Crippen LogP contribution in [0.2, 0.25) is 0 Å². The summed E-state index contributed by atoms with van der Waals surface area (Å²) in [4.78, 5) is 0. The van der Waals surface area contributed by atoms with E-state index < -0.39 is 0 Å². The normalized spacial score (nSPS) is 15.9. The zero-order chi connectivity index (χ0) is 8.36. The SMILES string of the molecule is CCC(C)N(N)C(C)(C)C. The Hall–Kier alpha value is -0.0800. The third-order valence-corrected chi connectivity index (χ3v) is 1.84. The fourth-order valence-corrected chi connectivity index (χ4v) is 0.858. The van der Waals surface area contributed by atoms with Crippen molar-refractivity contribution in [2.75, 3.05) is 0 Å². The molecule has 0 aliphatic carbocycles. The highest BCUT2D eigenvalue weighted by Crippen LogP contribution is 2.12. The fourth-order valence-electron chi connectivity index (χ4n) is 0.858. The topological polar surface area (TPSA) is 29.3 Å². The van der Waals surface area contributed by atoms with E-state index in [2.05, 4.69) is 34.6 Å². The van der Waals surface area contributed by atoms with Gasteiger partial charge in [0.1, 0.15) is 0 Å². The second-order valence-corrected chi connectivity index (χ2v) is 3.84. The summed E-state index contributed by atoms with van der Waals surface area (Å²) in [5, 5.41) is 1.91. The Kier molecular flexibility index (Phi) is 3.33. The lowest BCUT2D eigenvalue weighted by atomic mass is 10.1. The summed E-state index contributed by atoms with van der Waals surface area (Å²) in [6, 6.07) is 0.472. The Morgan fingerprint density at radius 1 is 1.40 bits per heavy atom. The first-order valence-electron chi connectivity index (χ1n) is 3.93. The maximum absolute atomic E-state index is 5.84. The zero-order valence-electron chi connectivity index (χ0n) is 7.81. The van der Waals surface area contributed by atoms with Crippen molar-refractivity contribution in [2.24, 2.45) is 5.84 Å². The van der Waals surface area contributed by atoms with E-state index in [9.17, 15) is 0 Å². The van der Waals surface area contributed by atoms with Crippen LogP contribution in [-0.2, 0) is 0 Å². The molecular weight excluding hydrogens is 124 g/mol. The molecule has 1 unspecified atom stereocenters. The molecule has 2 heteroatoms. The Balaban J connectivity index is 3.94. The number of hydrogen-bond acceptors (Lipinski definition) is 2. The maximum Gasteiger partial charge on any atom is 0.0270 e. The molecule has 0 aliphatic rings. The predicted molar refractivity (Wildman–Crippen MR) is 45.5 cm³/mol. The van der Waals surface area contributed by atoms with E-state index in [1.165, 1.54) is 0 Å². The van der Waals surface area contributed by atoms with Crippen LogP contribution in [0, 0.1) is 0 Å². The average Bonchev–Trinajstić information content (AvgIpc) is 1.83. The lowest BCUT2D eigenvalue weighted by Gasteiger charge is -2.35. The summed E-state index contributed by atoms with van der Waals surface area (Å²) in [6.07, 6.45) is 1.10. The molecule has 10 heavy (non-hydrogen) atoms. The van der Waals surface area contributed by atoms with Gasteiger partial charge < -0.3 is 0 Å². The molecule has 0 aromatic rings. The number of rotatable bonds is 2. The number of hydrazine groups is 1. The molecule has 0 heterocycles. The Labute approximate surface area is 64.4 Å². The predicted octanol–water partition coefficient (Wildman–Crippen LogP) is 1.76. The van der Waals surface area contributed by atoms with Crippen LogP contribution in [0.1, 0.15) is 41.0 Å². The monoisotopic (exact) mass is 144 g/mol. The van der Waals surface area contributed by atoms with Crippen molar-refractivity contribution in [3.8, 4) is 0 Å². The van der Waals surface area contributed by atoms with Gasteiger partial charge in [-0.2, -0.15) is 0 Å². The van der Waals surface area contributed by atoms with E-state index in [0.29, 0.717) is 6.04 Å². The molecule has 0 fully saturated rings. The molecule has 0 amide bonds. The van der Waals surface area contributed by atoms with Crippen LogP contribution < -0.4 is 5.84 Å². The quantitative estimate of drug-likeness (QED) is 0.472. The van der Waals surface area contributed by atoms with Gasteiger partial charge in [-0.1, -0.05) is 6.92 Å². The third kappa shape index (κ3) is 2.67. The average molecular weight is 144 g/mol. The highest BCUT2D eigenvalue weighted by molar-refractivity contribution is 4.74. The third-order valence-electron chi connectivity index (χ3n) is 1.84.